The smallest absolute Gasteiger partial charge is 0.120 e. The van der Waals surface area contributed by atoms with Gasteiger partial charge >= 0.3 is 0 Å². The van der Waals surface area contributed by atoms with Gasteiger partial charge in [0.25, 0.3) is 0 Å². The van der Waals surface area contributed by atoms with E-state index in [1.807, 2.05) is 54.6 Å². The van der Waals surface area contributed by atoms with Gasteiger partial charge in [0.2, 0.25) is 0 Å². The summed E-state index contributed by atoms with van der Waals surface area (Å²) in [7, 11) is 3.28. The van der Waals surface area contributed by atoms with Gasteiger partial charge in [-0.2, -0.15) is 0 Å². The summed E-state index contributed by atoms with van der Waals surface area (Å²) in [6, 6.07) is 15.1. The Morgan fingerprint density at radius 2 is 1.36 bits per heavy atom. The first-order valence-electron chi connectivity index (χ1n) is 6.89. The van der Waals surface area contributed by atoms with Crippen molar-refractivity contribution in [2.45, 2.75) is 0 Å². The summed E-state index contributed by atoms with van der Waals surface area (Å²) in [6.07, 6.45) is 3.66. The molecule has 0 radical (unpaired) electrons. The van der Waals surface area contributed by atoms with E-state index < -0.39 is 0 Å². The zero-order chi connectivity index (χ0) is 15.6. The zero-order valence-electron chi connectivity index (χ0n) is 12.7. The predicted molar refractivity (Wildman–Crippen MR) is 87.5 cm³/mol. The summed E-state index contributed by atoms with van der Waals surface area (Å²) in [5.41, 5.74) is 0.946. The van der Waals surface area contributed by atoms with Gasteiger partial charge in [0.15, 0.2) is 0 Å². The van der Waals surface area contributed by atoms with Crippen molar-refractivity contribution in [2.75, 3.05) is 20.8 Å². The highest BCUT2D eigenvalue weighted by Crippen LogP contribution is 2.16. The minimum atomic E-state index is 0.476. The van der Waals surface area contributed by atoms with Crippen molar-refractivity contribution in [3.63, 3.8) is 0 Å². The van der Waals surface area contributed by atoms with Gasteiger partial charge in [-0.05, 0) is 60.7 Å². The Morgan fingerprint density at radius 1 is 0.818 bits per heavy atom. The summed E-state index contributed by atoms with van der Waals surface area (Å²) < 4.78 is 15.7. The number of hydrogen-bond acceptors (Lipinski definition) is 3. The number of benzene rings is 2. The first-order chi connectivity index (χ1) is 10.8. The largest absolute Gasteiger partial charge is 0.497 e. The molecule has 0 N–H and O–H groups in total. The number of rotatable bonds is 5. The summed E-state index contributed by atoms with van der Waals surface area (Å²) in [6.45, 7) is 0.476. The second-order valence-electron chi connectivity index (χ2n) is 4.39. The topological polar surface area (TPSA) is 27.7 Å². The standard InChI is InChI=1S/C19H18O3/c1-20-17-9-7-16(8-10-17)6-4-3-5-15-22-19-13-11-18(21-2)12-14-19/h3,5,7-14H,15H2,1-2H3. The quantitative estimate of drug-likeness (QED) is 0.787. The summed E-state index contributed by atoms with van der Waals surface area (Å²) in [5.74, 6) is 8.46. The molecule has 3 nitrogen and oxygen atoms in total. The molecule has 0 saturated carbocycles. The minimum Gasteiger partial charge on any atom is -0.497 e. The van der Waals surface area contributed by atoms with E-state index in [0.717, 1.165) is 22.8 Å². The first kappa shape index (κ1) is 15.5. The van der Waals surface area contributed by atoms with Gasteiger partial charge in [0, 0.05) is 5.56 Å². The molecule has 0 heterocycles. The van der Waals surface area contributed by atoms with Gasteiger partial charge in [-0.3, -0.25) is 0 Å². The van der Waals surface area contributed by atoms with Crippen molar-refractivity contribution in [3.05, 3.63) is 66.2 Å². The van der Waals surface area contributed by atoms with E-state index in [4.69, 9.17) is 14.2 Å². The van der Waals surface area contributed by atoms with Gasteiger partial charge in [0.1, 0.15) is 23.9 Å². The molecule has 0 bridgehead atoms. The fraction of sp³-hybridized carbons (Fsp3) is 0.158. The molecule has 0 aliphatic heterocycles. The number of methoxy groups -OCH3 is 2. The molecule has 112 valence electrons. The first-order valence-corrected chi connectivity index (χ1v) is 6.89. The third-order valence-electron chi connectivity index (χ3n) is 2.91. The van der Waals surface area contributed by atoms with E-state index in [1.54, 1.807) is 20.3 Å². The number of hydrogen-bond donors (Lipinski definition) is 0. The van der Waals surface area contributed by atoms with Crippen molar-refractivity contribution in [3.8, 4) is 29.1 Å². The summed E-state index contributed by atoms with van der Waals surface area (Å²) in [5, 5.41) is 0. The lowest BCUT2D eigenvalue weighted by atomic mass is 10.2. The molecule has 0 aromatic heterocycles. The molecule has 0 unspecified atom stereocenters. The Morgan fingerprint density at radius 3 is 1.95 bits per heavy atom. The second kappa shape index (κ2) is 8.43. The lowest BCUT2D eigenvalue weighted by Gasteiger charge is -2.03. The SMILES string of the molecule is COc1ccc(C#CC=CCOc2ccc(OC)cc2)cc1. The van der Waals surface area contributed by atoms with Gasteiger partial charge in [-0.1, -0.05) is 11.8 Å². The van der Waals surface area contributed by atoms with Crippen LogP contribution in [0.15, 0.2) is 60.7 Å². The molecule has 0 aliphatic carbocycles. The lowest BCUT2D eigenvalue weighted by Crippen LogP contribution is -1.92. The van der Waals surface area contributed by atoms with Crippen LogP contribution in [0.4, 0.5) is 0 Å². The van der Waals surface area contributed by atoms with E-state index in [2.05, 4.69) is 11.8 Å². The zero-order valence-corrected chi connectivity index (χ0v) is 12.7. The van der Waals surface area contributed by atoms with E-state index >= 15 is 0 Å². The van der Waals surface area contributed by atoms with Crippen LogP contribution < -0.4 is 14.2 Å². The minimum absolute atomic E-state index is 0.476. The average molecular weight is 294 g/mol. The third kappa shape index (κ3) is 4.92. The van der Waals surface area contributed by atoms with Crippen LogP contribution in [-0.2, 0) is 0 Å². The van der Waals surface area contributed by atoms with Crippen LogP contribution in [0.1, 0.15) is 5.56 Å². The van der Waals surface area contributed by atoms with E-state index in [1.165, 1.54) is 0 Å². The number of allylic oxidation sites excluding steroid dienone is 1. The van der Waals surface area contributed by atoms with Crippen molar-refractivity contribution >= 4 is 0 Å². The third-order valence-corrected chi connectivity index (χ3v) is 2.91. The highest BCUT2D eigenvalue weighted by Gasteiger charge is 1.93. The average Bonchev–Trinajstić information content (AvgIpc) is 2.59. The van der Waals surface area contributed by atoms with Crippen molar-refractivity contribution < 1.29 is 14.2 Å². The monoisotopic (exact) mass is 294 g/mol. The van der Waals surface area contributed by atoms with Gasteiger partial charge in [0.05, 0.1) is 14.2 Å². The molecule has 0 spiro atoms. The fourth-order valence-electron chi connectivity index (χ4n) is 1.72. The summed E-state index contributed by atoms with van der Waals surface area (Å²) in [4.78, 5) is 0. The van der Waals surface area contributed by atoms with Crippen LogP contribution in [0, 0.1) is 11.8 Å². The fourth-order valence-corrected chi connectivity index (χ4v) is 1.72. The maximum atomic E-state index is 5.56. The Bertz CT molecular complexity index is 659. The molecule has 22 heavy (non-hydrogen) atoms. The van der Waals surface area contributed by atoms with Crippen LogP contribution in [0.5, 0.6) is 17.2 Å². The van der Waals surface area contributed by atoms with Crippen LogP contribution >= 0.6 is 0 Å². The molecule has 3 heteroatoms. The molecule has 2 aromatic carbocycles. The Balaban J connectivity index is 1.79. The van der Waals surface area contributed by atoms with Crippen molar-refractivity contribution in [1.82, 2.24) is 0 Å². The summed E-state index contributed by atoms with van der Waals surface area (Å²) >= 11 is 0. The molecule has 0 amide bonds. The lowest BCUT2D eigenvalue weighted by molar-refractivity contribution is 0.361. The maximum Gasteiger partial charge on any atom is 0.120 e. The second-order valence-corrected chi connectivity index (χ2v) is 4.39. The van der Waals surface area contributed by atoms with E-state index in [-0.39, 0.29) is 0 Å². The van der Waals surface area contributed by atoms with E-state index in [9.17, 15) is 0 Å². The molecule has 2 aromatic rings. The molecule has 2 rings (SSSR count). The molecule has 0 fully saturated rings. The van der Waals surface area contributed by atoms with Crippen LogP contribution in [0.2, 0.25) is 0 Å². The van der Waals surface area contributed by atoms with Gasteiger partial charge < -0.3 is 14.2 Å². The molecule has 0 aliphatic rings. The van der Waals surface area contributed by atoms with Crippen molar-refractivity contribution in [1.29, 1.82) is 0 Å². The Labute approximate surface area is 131 Å². The predicted octanol–water partition coefficient (Wildman–Crippen LogP) is 3.69. The molecular weight excluding hydrogens is 276 g/mol. The molecule has 0 atom stereocenters. The van der Waals surface area contributed by atoms with Gasteiger partial charge in [-0.15, -0.1) is 0 Å². The normalized spacial score (nSPS) is 9.91. The molecule has 0 saturated heterocycles. The van der Waals surface area contributed by atoms with E-state index in [0.29, 0.717) is 6.61 Å². The Hall–Kier alpha value is -2.86. The van der Waals surface area contributed by atoms with Crippen molar-refractivity contribution in [2.24, 2.45) is 0 Å². The van der Waals surface area contributed by atoms with Gasteiger partial charge in [-0.25, -0.2) is 0 Å². The Kier molecular flexibility index (Phi) is 5.95. The highest BCUT2D eigenvalue weighted by molar-refractivity contribution is 5.40. The molecular formula is C19H18O3. The van der Waals surface area contributed by atoms with Crippen LogP contribution in [-0.4, -0.2) is 20.8 Å². The number of ether oxygens (including phenoxy) is 3. The van der Waals surface area contributed by atoms with Crippen LogP contribution in [0.25, 0.3) is 0 Å². The van der Waals surface area contributed by atoms with Crippen LogP contribution in [0.3, 0.4) is 0 Å². The highest BCUT2D eigenvalue weighted by atomic mass is 16.5. The maximum absolute atomic E-state index is 5.56.